The Morgan fingerprint density at radius 2 is 1.56 bits per heavy atom. The van der Waals surface area contributed by atoms with Crippen molar-refractivity contribution in [2.24, 2.45) is 4.99 Å². The van der Waals surface area contributed by atoms with Gasteiger partial charge in [-0.3, -0.25) is 4.79 Å². The van der Waals surface area contributed by atoms with Crippen molar-refractivity contribution in [1.29, 1.82) is 0 Å². The van der Waals surface area contributed by atoms with Crippen LogP contribution in [0.2, 0.25) is 15.3 Å². The zero-order chi connectivity index (χ0) is 24.2. The third-order valence-electron chi connectivity index (χ3n) is 5.35. The summed E-state index contributed by atoms with van der Waals surface area (Å²) in [5.41, 5.74) is 4.29. The number of Topliss-reactive ketones (excluding diaryl/α,β-unsaturated/α-hetero) is 1. The molecule has 2 aromatic heterocycles. The number of allylic oxidation sites excluding steroid dienone is 1. The fourth-order valence-corrected chi connectivity index (χ4v) is 5.13. The van der Waals surface area contributed by atoms with Gasteiger partial charge in [0, 0.05) is 41.0 Å². The van der Waals surface area contributed by atoms with E-state index in [2.05, 4.69) is 14.9 Å². The Balaban J connectivity index is 1.76. The van der Waals surface area contributed by atoms with Gasteiger partial charge in [-0.25, -0.2) is 15.0 Å². The van der Waals surface area contributed by atoms with Gasteiger partial charge in [-0.2, -0.15) is 0 Å². The first-order valence-corrected chi connectivity index (χ1v) is 12.6. The second-order valence-electron chi connectivity index (χ2n) is 7.80. The van der Waals surface area contributed by atoms with Crippen molar-refractivity contribution in [2.75, 3.05) is 0 Å². The van der Waals surface area contributed by atoms with Crippen molar-refractivity contribution in [2.45, 2.75) is 32.2 Å². The molecular weight excluding hydrogens is 511 g/mol. The number of rotatable bonds is 6. The number of hydrogen-bond acceptors (Lipinski definition) is 6. The van der Waals surface area contributed by atoms with E-state index in [1.165, 1.54) is 0 Å². The minimum atomic E-state index is -0.325. The Kier molecular flexibility index (Phi) is 7.94. The fraction of sp³-hybridized carbons (Fsp3) is 0.200. The lowest BCUT2D eigenvalue weighted by Crippen LogP contribution is -2.38. The first kappa shape index (κ1) is 24.7. The molecule has 1 unspecified atom stereocenters. The average Bonchev–Trinajstić information content (AvgIpc) is 2.81. The van der Waals surface area contributed by atoms with Crippen LogP contribution in [0.4, 0.5) is 0 Å². The minimum Gasteiger partial charge on any atom is -0.335 e. The van der Waals surface area contributed by atoms with E-state index in [-0.39, 0.29) is 11.8 Å². The number of nitrogens with zero attached hydrogens (tertiary/aromatic N) is 4. The molecule has 0 saturated heterocycles. The normalized spacial score (nSPS) is 16.0. The Bertz CT molecular complexity index is 1240. The van der Waals surface area contributed by atoms with E-state index >= 15 is 0 Å². The van der Waals surface area contributed by atoms with Gasteiger partial charge in [0.15, 0.2) is 11.0 Å². The Morgan fingerprint density at radius 1 is 0.941 bits per heavy atom. The summed E-state index contributed by atoms with van der Waals surface area (Å²) in [5.74, 6) is 0.625. The second-order valence-corrected chi connectivity index (χ2v) is 9.95. The van der Waals surface area contributed by atoms with Crippen LogP contribution in [0.15, 0.2) is 77.2 Å². The number of carbonyl (C=O) groups is 1. The molecule has 0 saturated carbocycles. The molecule has 174 valence electrons. The molecule has 0 bridgehead atoms. The molecule has 0 fully saturated rings. The predicted molar refractivity (Wildman–Crippen MR) is 140 cm³/mol. The van der Waals surface area contributed by atoms with Gasteiger partial charge in [0.25, 0.3) is 0 Å². The molecular formula is C25H21Cl3N4OS. The molecule has 9 heteroatoms. The van der Waals surface area contributed by atoms with Crippen molar-refractivity contribution in [3.05, 3.63) is 104 Å². The smallest absolute Gasteiger partial charge is 0.165 e. The van der Waals surface area contributed by atoms with Crippen LogP contribution in [0.3, 0.4) is 0 Å². The molecule has 34 heavy (non-hydrogen) atoms. The molecule has 1 aliphatic heterocycles. The van der Waals surface area contributed by atoms with Gasteiger partial charge in [-0.05, 0) is 54.8 Å². The van der Waals surface area contributed by atoms with Crippen LogP contribution in [0.1, 0.15) is 36.6 Å². The summed E-state index contributed by atoms with van der Waals surface area (Å²) in [7, 11) is 0. The van der Waals surface area contributed by atoms with Crippen molar-refractivity contribution in [3.63, 3.8) is 0 Å². The zero-order valence-electron chi connectivity index (χ0n) is 18.5. The van der Waals surface area contributed by atoms with E-state index in [0.29, 0.717) is 38.9 Å². The highest BCUT2D eigenvalue weighted by molar-refractivity contribution is 8.13. The summed E-state index contributed by atoms with van der Waals surface area (Å²) in [5, 5.41) is 2.31. The number of amidine groups is 1. The van der Waals surface area contributed by atoms with Crippen molar-refractivity contribution < 1.29 is 4.79 Å². The molecule has 1 aliphatic rings. The van der Waals surface area contributed by atoms with Gasteiger partial charge < -0.3 is 4.90 Å². The van der Waals surface area contributed by atoms with Gasteiger partial charge in [0.2, 0.25) is 0 Å². The number of carbonyl (C=O) groups excluding carboxylic acids is 1. The molecule has 5 nitrogen and oxygen atoms in total. The molecule has 3 heterocycles. The van der Waals surface area contributed by atoms with E-state index in [9.17, 15) is 4.79 Å². The van der Waals surface area contributed by atoms with E-state index < -0.39 is 0 Å². The molecule has 1 atom stereocenters. The standard InChI is InChI=1S/C25H21Cl3N4OS/c1-15-23(16(2)33)24(19-5-7-20(26)8-6-19)32(13-17-3-9-21(27)29-11-17)25(31-15)34-14-18-4-10-22(28)30-12-18/h3-12,24H,13-14H2,1-2H3. The lowest BCUT2D eigenvalue weighted by molar-refractivity contribution is -0.114. The number of aromatic nitrogens is 2. The molecule has 0 aliphatic carbocycles. The summed E-state index contributed by atoms with van der Waals surface area (Å²) in [6.45, 7) is 3.95. The number of thioether (sulfide) groups is 1. The topological polar surface area (TPSA) is 58.5 Å². The average molecular weight is 532 g/mol. The Labute approximate surface area is 217 Å². The molecule has 3 aromatic rings. The minimum absolute atomic E-state index is 0.0219. The number of pyridine rings is 2. The van der Waals surface area contributed by atoms with Gasteiger partial charge in [0.1, 0.15) is 10.3 Å². The van der Waals surface area contributed by atoms with Gasteiger partial charge in [-0.1, -0.05) is 70.8 Å². The SMILES string of the molecule is CC(=O)C1=C(C)N=C(SCc2ccc(Cl)nc2)N(Cc2ccc(Cl)nc2)C1c1ccc(Cl)cc1. The molecule has 4 rings (SSSR count). The molecule has 0 N–H and O–H groups in total. The molecule has 1 aromatic carbocycles. The maximum atomic E-state index is 12.8. The van der Waals surface area contributed by atoms with Crippen LogP contribution < -0.4 is 0 Å². The van der Waals surface area contributed by atoms with Crippen LogP contribution in [0, 0.1) is 0 Å². The summed E-state index contributed by atoms with van der Waals surface area (Å²) in [4.78, 5) is 28.2. The van der Waals surface area contributed by atoms with E-state index in [1.807, 2.05) is 43.3 Å². The van der Waals surface area contributed by atoms with Crippen LogP contribution in [0.25, 0.3) is 0 Å². The summed E-state index contributed by atoms with van der Waals surface area (Å²) >= 11 is 19.7. The van der Waals surface area contributed by atoms with Crippen LogP contribution in [-0.4, -0.2) is 25.8 Å². The first-order valence-electron chi connectivity index (χ1n) is 10.5. The number of hydrogen-bond donors (Lipinski definition) is 0. The van der Waals surface area contributed by atoms with Crippen LogP contribution in [-0.2, 0) is 17.1 Å². The molecule has 0 amide bonds. The van der Waals surface area contributed by atoms with Crippen molar-refractivity contribution >= 4 is 57.5 Å². The number of halogens is 3. The largest absolute Gasteiger partial charge is 0.335 e. The van der Waals surface area contributed by atoms with Crippen LogP contribution in [0.5, 0.6) is 0 Å². The zero-order valence-corrected chi connectivity index (χ0v) is 21.6. The lowest BCUT2D eigenvalue weighted by atomic mass is 9.92. The van der Waals surface area contributed by atoms with Crippen LogP contribution >= 0.6 is 46.6 Å². The summed E-state index contributed by atoms with van der Waals surface area (Å²) < 4.78 is 0. The lowest BCUT2D eigenvalue weighted by Gasteiger charge is -2.38. The second kappa shape index (κ2) is 10.9. The summed E-state index contributed by atoms with van der Waals surface area (Å²) in [6.07, 6.45) is 3.50. The van der Waals surface area contributed by atoms with E-state index in [4.69, 9.17) is 39.8 Å². The number of ketones is 1. The Hall–Kier alpha value is -2.38. The van der Waals surface area contributed by atoms with Gasteiger partial charge in [0.05, 0.1) is 6.04 Å². The fourth-order valence-electron chi connectivity index (χ4n) is 3.78. The third-order valence-corrected chi connectivity index (χ3v) is 7.11. The first-order chi connectivity index (χ1) is 16.3. The van der Waals surface area contributed by atoms with Crippen molar-refractivity contribution in [3.8, 4) is 0 Å². The maximum Gasteiger partial charge on any atom is 0.165 e. The van der Waals surface area contributed by atoms with Crippen molar-refractivity contribution in [1.82, 2.24) is 14.9 Å². The highest BCUT2D eigenvalue weighted by Gasteiger charge is 2.34. The Morgan fingerprint density at radius 3 is 2.12 bits per heavy atom. The van der Waals surface area contributed by atoms with Gasteiger partial charge >= 0.3 is 0 Å². The predicted octanol–water partition coefficient (Wildman–Crippen LogP) is 7.15. The van der Waals surface area contributed by atoms with E-state index in [1.54, 1.807) is 43.2 Å². The monoisotopic (exact) mass is 530 g/mol. The maximum absolute atomic E-state index is 12.8. The molecule has 0 radical (unpaired) electrons. The highest BCUT2D eigenvalue weighted by Crippen LogP contribution is 2.39. The molecule has 0 spiro atoms. The number of aliphatic imine (C=N–C) groups is 1. The number of benzene rings is 1. The van der Waals surface area contributed by atoms with Gasteiger partial charge in [-0.15, -0.1) is 0 Å². The van der Waals surface area contributed by atoms with E-state index in [0.717, 1.165) is 21.9 Å². The summed E-state index contributed by atoms with van der Waals surface area (Å²) in [6, 6.07) is 14.7. The third kappa shape index (κ3) is 5.81. The highest BCUT2D eigenvalue weighted by atomic mass is 35.5. The quantitative estimate of drug-likeness (QED) is 0.316.